The molecule has 204 valence electrons. The van der Waals surface area contributed by atoms with E-state index in [1.807, 2.05) is 0 Å². The van der Waals surface area contributed by atoms with Crippen LogP contribution in [0.1, 0.15) is 88.8 Å². The Morgan fingerprint density at radius 2 is 0.974 bits per heavy atom. The predicted octanol–water partition coefficient (Wildman–Crippen LogP) is 10.7. The first-order valence-corrected chi connectivity index (χ1v) is 22.9. The maximum atomic E-state index is 7.00. The molecule has 38 heavy (non-hydrogen) atoms. The van der Waals surface area contributed by atoms with Crippen LogP contribution < -0.4 is 0 Å². The molecule has 0 aliphatic rings. The van der Waals surface area contributed by atoms with E-state index in [1.54, 1.807) is 0 Å². The van der Waals surface area contributed by atoms with E-state index in [-0.39, 0.29) is 0 Å². The molecule has 0 bridgehead atoms. The van der Waals surface area contributed by atoms with Crippen molar-refractivity contribution in [2.45, 2.75) is 91.0 Å². The number of benzene rings is 3. The van der Waals surface area contributed by atoms with E-state index in [0.29, 0.717) is 0 Å². The van der Waals surface area contributed by atoms with Gasteiger partial charge < -0.3 is 0 Å². The van der Waals surface area contributed by atoms with Gasteiger partial charge in [-0.3, -0.25) is 0 Å². The molecule has 0 aliphatic carbocycles. The molecule has 3 aromatic rings. The van der Waals surface area contributed by atoms with E-state index in [2.05, 4.69) is 122 Å². The summed E-state index contributed by atoms with van der Waals surface area (Å²) in [7, 11) is 0. The molecule has 0 spiro atoms. The number of hydrogen-bond donors (Lipinski definition) is 0. The van der Waals surface area contributed by atoms with Crippen molar-refractivity contribution in [2.75, 3.05) is 6.61 Å². The van der Waals surface area contributed by atoms with Gasteiger partial charge in [-0.1, -0.05) is 0 Å². The van der Waals surface area contributed by atoms with E-state index < -0.39 is 24.0 Å². The monoisotopic (exact) mass is 618 g/mol. The van der Waals surface area contributed by atoms with Gasteiger partial charge in [-0.2, -0.15) is 0 Å². The topological polar surface area (TPSA) is 9.23 Å². The Bertz CT molecular complexity index is 910. The molecule has 3 aromatic carbocycles. The van der Waals surface area contributed by atoms with Gasteiger partial charge in [0.2, 0.25) is 0 Å². The zero-order chi connectivity index (χ0) is 26.9. The number of unbranched alkanes of at least 4 members (excludes halogenated alkanes) is 4. The molecule has 0 radical (unpaired) electrons. The van der Waals surface area contributed by atoms with Crippen LogP contribution in [0.25, 0.3) is 0 Å². The third-order valence-electron chi connectivity index (χ3n) is 7.93. The van der Waals surface area contributed by atoms with E-state index in [9.17, 15) is 0 Å². The molecular formula is C36H50OSn. The van der Waals surface area contributed by atoms with Crippen molar-refractivity contribution in [3.63, 3.8) is 0 Å². The summed E-state index contributed by atoms with van der Waals surface area (Å²) < 4.78 is 14.4. The van der Waals surface area contributed by atoms with E-state index in [0.717, 1.165) is 19.4 Å². The van der Waals surface area contributed by atoms with Crippen LogP contribution >= 0.6 is 0 Å². The van der Waals surface area contributed by atoms with Crippen LogP contribution in [0.5, 0.6) is 0 Å². The minimum absolute atomic E-state index is 0.611. The van der Waals surface area contributed by atoms with Gasteiger partial charge in [-0.05, 0) is 0 Å². The zero-order valence-corrected chi connectivity index (χ0v) is 27.1. The molecule has 0 atom stereocenters. The van der Waals surface area contributed by atoms with Crippen molar-refractivity contribution < 1.29 is 4.74 Å². The summed E-state index contributed by atoms with van der Waals surface area (Å²) in [5, 5.41) is 0. The molecule has 3 rings (SSSR count). The summed E-state index contributed by atoms with van der Waals surface area (Å²) in [6.07, 6.45) is 13.0. The van der Waals surface area contributed by atoms with Gasteiger partial charge in [0.05, 0.1) is 0 Å². The molecule has 0 aromatic heterocycles. The second kappa shape index (κ2) is 17.0. The Hall–Kier alpha value is -1.84. The number of allylic oxidation sites excluding steroid dienone is 1. The van der Waals surface area contributed by atoms with Gasteiger partial charge in [-0.15, -0.1) is 0 Å². The van der Waals surface area contributed by atoms with Crippen LogP contribution in [0.15, 0.2) is 101 Å². The number of ether oxygens (including phenoxy) is 1. The van der Waals surface area contributed by atoms with Gasteiger partial charge in [0, 0.05) is 0 Å². The fraction of sp³-hybridized carbons (Fsp3) is 0.444. The summed E-state index contributed by atoms with van der Waals surface area (Å²) in [4.78, 5) is 0. The molecule has 0 amide bonds. The van der Waals surface area contributed by atoms with Crippen molar-refractivity contribution in [3.8, 4) is 0 Å². The average Bonchev–Trinajstić information content (AvgIpc) is 2.99. The van der Waals surface area contributed by atoms with E-state index in [1.165, 1.54) is 68.5 Å². The van der Waals surface area contributed by atoms with Gasteiger partial charge >= 0.3 is 239 Å². The molecule has 0 aliphatic heterocycles. The zero-order valence-electron chi connectivity index (χ0n) is 24.2. The van der Waals surface area contributed by atoms with E-state index in [4.69, 9.17) is 4.74 Å². The average molecular weight is 618 g/mol. The van der Waals surface area contributed by atoms with Gasteiger partial charge in [0.1, 0.15) is 0 Å². The van der Waals surface area contributed by atoms with E-state index >= 15 is 0 Å². The summed E-state index contributed by atoms with van der Waals surface area (Å²) >= 11 is -2.21. The Morgan fingerprint density at radius 3 is 1.34 bits per heavy atom. The van der Waals surface area contributed by atoms with Crippen LogP contribution in [0.3, 0.4) is 0 Å². The molecule has 0 saturated heterocycles. The van der Waals surface area contributed by atoms with Gasteiger partial charge in [0.25, 0.3) is 0 Å². The number of hydrogen-bond acceptors (Lipinski definition) is 1. The van der Waals surface area contributed by atoms with Gasteiger partial charge in [0.15, 0.2) is 0 Å². The molecule has 1 nitrogen and oxygen atoms in total. The van der Waals surface area contributed by atoms with Crippen LogP contribution in [-0.4, -0.2) is 25.0 Å². The Morgan fingerprint density at radius 1 is 0.579 bits per heavy atom. The first-order chi connectivity index (χ1) is 18.7. The summed E-state index contributed by atoms with van der Waals surface area (Å²) in [6.45, 7) is 7.80. The summed E-state index contributed by atoms with van der Waals surface area (Å²) in [6, 6.07) is 32.2. The quantitative estimate of drug-likeness (QED) is 0.0784. The van der Waals surface area contributed by atoms with Crippen LogP contribution in [-0.2, 0) is 10.3 Å². The van der Waals surface area contributed by atoms with Crippen LogP contribution in [0, 0.1) is 0 Å². The minimum atomic E-state index is -2.21. The molecular weight excluding hydrogens is 567 g/mol. The normalized spacial score (nSPS) is 12.3. The van der Waals surface area contributed by atoms with Crippen molar-refractivity contribution in [1.82, 2.24) is 0 Å². The third-order valence-corrected chi connectivity index (χ3v) is 22.2. The first kappa shape index (κ1) is 30.7. The van der Waals surface area contributed by atoms with Crippen molar-refractivity contribution in [2.24, 2.45) is 0 Å². The molecule has 0 fully saturated rings. The molecule has 0 N–H and O–H groups in total. The Labute approximate surface area is 237 Å². The standard InChI is InChI=1S/C24H23O.3C4H9.Sn/c1-2-3-13-20-25-24(21-14-7-4-8-15-21,22-16-9-5-10-17-22)23-18-11-6-12-19-23;3*1-3-4-2;/h1-2,4-12,14-19H,3,13,20H2;3*1,3-4H2,2H3;. The second-order valence-corrected chi connectivity index (χ2v) is 23.9. The predicted molar refractivity (Wildman–Crippen MR) is 168 cm³/mol. The second-order valence-electron chi connectivity index (χ2n) is 10.8. The third kappa shape index (κ3) is 8.58. The summed E-state index contributed by atoms with van der Waals surface area (Å²) in [5.41, 5.74) is 2.94. The molecule has 0 unspecified atom stereocenters. The molecule has 0 heterocycles. The SMILES string of the molecule is CCC[CH2][Sn](/[CH]=C/CCCOC(c1ccccc1)(c1ccccc1)c1ccccc1)([CH2]CCC)[CH2]CCC. The fourth-order valence-corrected chi connectivity index (χ4v) is 20.3. The Kier molecular flexibility index (Phi) is 13.7. The molecule has 0 saturated carbocycles. The Balaban J connectivity index is 1.79. The van der Waals surface area contributed by atoms with Crippen molar-refractivity contribution in [1.29, 1.82) is 0 Å². The number of rotatable bonds is 18. The fourth-order valence-electron chi connectivity index (χ4n) is 5.74. The van der Waals surface area contributed by atoms with Crippen LogP contribution in [0.2, 0.25) is 13.3 Å². The van der Waals surface area contributed by atoms with Crippen molar-refractivity contribution in [3.05, 3.63) is 118 Å². The molecule has 2 heteroatoms. The summed E-state index contributed by atoms with van der Waals surface area (Å²) in [5.74, 6) is 0. The van der Waals surface area contributed by atoms with Gasteiger partial charge in [-0.25, -0.2) is 0 Å². The first-order valence-electron chi connectivity index (χ1n) is 15.2. The van der Waals surface area contributed by atoms with Crippen molar-refractivity contribution >= 4 is 18.4 Å². The van der Waals surface area contributed by atoms with Crippen LogP contribution in [0.4, 0.5) is 0 Å². The maximum absolute atomic E-state index is 7.00.